The first-order valence-electron chi connectivity index (χ1n) is 6.81. The Bertz CT molecular complexity index is 440. The van der Waals surface area contributed by atoms with Crippen molar-refractivity contribution in [2.45, 2.75) is 25.8 Å². The van der Waals surface area contributed by atoms with E-state index in [9.17, 15) is 4.39 Å². The molecule has 1 N–H and O–H groups in total. The Hall–Kier alpha value is -1.37. The molecule has 2 nitrogen and oxygen atoms in total. The normalized spacial score (nSPS) is 17.6. The van der Waals surface area contributed by atoms with Crippen molar-refractivity contribution in [3.05, 3.63) is 35.6 Å². The van der Waals surface area contributed by atoms with E-state index >= 15 is 0 Å². The van der Waals surface area contributed by atoms with Crippen LogP contribution in [0.25, 0.3) is 0 Å². The van der Waals surface area contributed by atoms with E-state index in [2.05, 4.69) is 24.1 Å². The maximum absolute atomic E-state index is 12.7. The number of nitrogens with one attached hydrogen (secondary N) is 1. The van der Waals surface area contributed by atoms with Gasteiger partial charge in [0.25, 0.3) is 0 Å². The zero-order valence-electron chi connectivity index (χ0n) is 11.3. The second-order valence-corrected chi connectivity index (χ2v) is 4.93. The van der Waals surface area contributed by atoms with Crippen LogP contribution < -0.4 is 5.32 Å². The Labute approximate surface area is 114 Å². The third-order valence-electron chi connectivity index (χ3n) is 3.56. The van der Waals surface area contributed by atoms with Gasteiger partial charge in [-0.25, -0.2) is 4.39 Å². The molecule has 0 bridgehead atoms. The molecule has 1 aliphatic heterocycles. The second-order valence-electron chi connectivity index (χ2n) is 4.93. The Morgan fingerprint density at radius 1 is 1.32 bits per heavy atom. The lowest BCUT2D eigenvalue weighted by atomic mass is 9.93. The van der Waals surface area contributed by atoms with Crippen molar-refractivity contribution in [3.8, 4) is 11.8 Å². The van der Waals surface area contributed by atoms with Crippen LogP contribution in [0.4, 0.5) is 4.39 Å². The molecule has 0 spiro atoms. The van der Waals surface area contributed by atoms with Crippen LogP contribution in [0.15, 0.2) is 24.3 Å². The molecular weight excluding hydrogens is 241 g/mol. The molecule has 19 heavy (non-hydrogen) atoms. The smallest absolute Gasteiger partial charge is 0.123 e. The summed E-state index contributed by atoms with van der Waals surface area (Å²) in [5, 5.41) is 3.43. The van der Waals surface area contributed by atoms with Crippen LogP contribution in [0.3, 0.4) is 0 Å². The van der Waals surface area contributed by atoms with Gasteiger partial charge in [-0.05, 0) is 49.9 Å². The highest BCUT2D eigenvalue weighted by Crippen LogP contribution is 2.18. The quantitative estimate of drug-likeness (QED) is 0.844. The van der Waals surface area contributed by atoms with Crippen molar-refractivity contribution in [1.29, 1.82) is 0 Å². The molecule has 1 saturated heterocycles. The highest BCUT2D eigenvalue weighted by molar-refractivity contribution is 5.34. The van der Waals surface area contributed by atoms with Crippen molar-refractivity contribution in [2.24, 2.45) is 5.92 Å². The topological polar surface area (TPSA) is 21.3 Å². The van der Waals surface area contributed by atoms with E-state index < -0.39 is 0 Å². The fraction of sp³-hybridized carbons (Fsp3) is 0.500. The molecule has 0 unspecified atom stereocenters. The summed E-state index contributed by atoms with van der Waals surface area (Å²) in [6.45, 7) is 4.61. The van der Waals surface area contributed by atoms with Gasteiger partial charge in [0, 0.05) is 24.8 Å². The number of benzene rings is 1. The Balaban J connectivity index is 1.75. The zero-order valence-corrected chi connectivity index (χ0v) is 11.3. The molecule has 1 fully saturated rings. The Kier molecular flexibility index (Phi) is 5.38. The standard InChI is InChI=1S/C16H20FNO/c1-13(15-8-11-19-12-9-15)18-10-2-3-14-4-6-16(17)7-5-14/h4-7,13,15,18H,8-12H2,1H3/t13-/m1/s1. The highest BCUT2D eigenvalue weighted by atomic mass is 19.1. The summed E-state index contributed by atoms with van der Waals surface area (Å²) in [4.78, 5) is 0. The van der Waals surface area contributed by atoms with E-state index in [0.717, 1.165) is 31.6 Å². The van der Waals surface area contributed by atoms with Crippen LogP contribution in [0.1, 0.15) is 25.3 Å². The van der Waals surface area contributed by atoms with E-state index in [-0.39, 0.29) is 5.82 Å². The van der Waals surface area contributed by atoms with Gasteiger partial charge >= 0.3 is 0 Å². The highest BCUT2D eigenvalue weighted by Gasteiger charge is 2.19. The van der Waals surface area contributed by atoms with Gasteiger partial charge in [-0.3, -0.25) is 0 Å². The van der Waals surface area contributed by atoms with Crippen LogP contribution in [0.5, 0.6) is 0 Å². The van der Waals surface area contributed by atoms with Gasteiger partial charge in [-0.1, -0.05) is 11.8 Å². The maximum atomic E-state index is 12.7. The van der Waals surface area contributed by atoms with Crippen LogP contribution >= 0.6 is 0 Å². The van der Waals surface area contributed by atoms with Gasteiger partial charge in [0.05, 0.1) is 6.54 Å². The Morgan fingerprint density at radius 3 is 2.68 bits per heavy atom. The van der Waals surface area contributed by atoms with E-state index in [1.165, 1.54) is 12.1 Å². The predicted octanol–water partition coefficient (Wildman–Crippen LogP) is 2.58. The zero-order chi connectivity index (χ0) is 13.5. The van der Waals surface area contributed by atoms with E-state index in [1.54, 1.807) is 12.1 Å². The van der Waals surface area contributed by atoms with Crippen molar-refractivity contribution in [3.63, 3.8) is 0 Å². The minimum absolute atomic E-state index is 0.225. The molecule has 0 aliphatic carbocycles. The lowest BCUT2D eigenvalue weighted by molar-refractivity contribution is 0.0565. The summed E-state index contributed by atoms with van der Waals surface area (Å²) in [6.07, 6.45) is 2.25. The summed E-state index contributed by atoms with van der Waals surface area (Å²) >= 11 is 0. The molecule has 1 heterocycles. The summed E-state index contributed by atoms with van der Waals surface area (Å²) in [5.41, 5.74) is 0.849. The van der Waals surface area contributed by atoms with Crippen LogP contribution in [0.2, 0.25) is 0 Å². The number of rotatable bonds is 3. The molecule has 2 rings (SSSR count). The van der Waals surface area contributed by atoms with Gasteiger partial charge in [-0.15, -0.1) is 0 Å². The number of halogens is 1. The van der Waals surface area contributed by atoms with Crippen LogP contribution in [-0.4, -0.2) is 25.8 Å². The molecule has 0 radical (unpaired) electrons. The molecule has 0 amide bonds. The second kappa shape index (κ2) is 7.28. The summed E-state index contributed by atoms with van der Waals surface area (Å²) < 4.78 is 18.1. The van der Waals surface area contributed by atoms with Gasteiger partial charge in [0.2, 0.25) is 0 Å². The number of ether oxygens (including phenoxy) is 1. The molecule has 1 aromatic rings. The fourth-order valence-electron chi connectivity index (χ4n) is 2.27. The van der Waals surface area contributed by atoms with Gasteiger partial charge in [-0.2, -0.15) is 0 Å². The average molecular weight is 261 g/mol. The number of hydrogen-bond acceptors (Lipinski definition) is 2. The van der Waals surface area contributed by atoms with Crippen molar-refractivity contribution in [2.75, 3.05) is 19.8 Å². The summed E-state index contributed by atoms with van der Waals surface area (Å²) in [7, 11) is 0. The lowest BCUT2D eigenvalue weighted by Gasteiger charge is -2.27. The summed E-state index contributed by atoms with van der Waals surface area (Å²) in [6, 6.07) is 6.73. The first kappa shape index (κ1) is 14.0. The lowest BCUT2D eigenvalue weighted by Crippen LogP contribution is -2.36. The third kappa shape index (κ3) is 4.66. The van der Waals surface area contributed by atoms with Crippen molar-refractivity contribution < 1.29 is 9.13 Å². The van der Waals surface area contributed by atoms with Crippen LogP contribution in [0, 0.1) is 23.6 Å². The molecule has 3 heteroatoms. The minimum Gasteiger partial charge on any atom is -0.381 e. The van der Waals surface area contributed by atoms with Crippen molar-refractivity contribution in [1.82, 2.24) is 5.32 Å². The van der Waals surface area contributed by atoms with E-state index in [4.69, 9.17) is 4.74 Å². The molecule has 1 aliphatic rings. The van der Waals surface area contributed by atoms with Gasteiger partial charge in [0.1, 0.15) is 5.82 Å². The first-order chi connectivity index (χ1) is 9.25. The summed E-state index contributed by atoms with van der Waals surface area (Å²) in [5.74, 6) is 6.56. The molecule has 0 aromatic heterocycles. The largest absolute Gasteiger partial charge is 0.381 e. The monoisotopic (exact) mass is 261 g/mol. The fourth-order valence-corrected chi connectivity index (χ4v) is 2.27. The first-order valence-corrected chi connectivity index (χ1v) is 6.81. The third-order valence-corrected chi connectivity index (χ3v) is 3.56. The molecule has 0 saturated carbocycles. The maximum Gasteiger partial charge on any atom is 0.123 e. The average Bonchev–Trinajstić information content (AvgIpc) is 2.46. The van der Waals surface area contributed by atoms with Gasteiger partial charge in [0.15, 0.2) is 0 Å². The van der Waals surface area contributed by atoms with Crippen molar-refractivity contribution >= 4 is 0 Å². The van der Waals surface area contributed by atoms with Gasteiger partial charge < -0.3 is 10.1 Å². The SMILES string of the molecule is C[C@@H](NCC#Cc1ccc(F)cc1)C1CCOCC1. The Morgan fingerprint density at radius 2 is 2.00 bits per heavy atom. The molecule has 1 aromatic carbocycles. The molecular formula is C16H20FNO. The number of hydrogen-bond donors (Lipinski definition) is 1. The molecule has 1 atom stereocenters. The predicted molar refractivity (Wildman–Crippen MR) is 74.3 cm³/mol. The van der Waals surface area contributed by atoms with Crippen LogP contribution in [-0.2, 0) is 4.74 Å². The van der Waals surface area contributed by atoms with E-state index in [1.807, 2.05) is 0 Å². The van der Waals surface area contributed by atoms with E-state index in [0.29, 0.717) is 18.5 Å². The molecule has 102 valence electrons. The minimum atomic E-state index is -0.225.